The third kappa shape index (κ3) is 13.4. The lowest BCUT2D eigenvalue weighted by Crippen LogP contribution is -2.40. The number of hydrogen-bond donors (Lipinski definition) is 4. The lowest BCUT2D eigenvalue weighted by molar-refractivity contribution is -0.138. The fourth-order valence-corrected chi connectivity index (χ4v) is 7.19. The first-order valence-corrected chi connectivity index (χ1v) is 20.7. The molecule has 0 saturated heterocycles. The number of aliphatic carboxylic acids is 1. The molecule has 6 rings (SSSR count). The number of carboxylic acid groups (broad SMARTS) is 1. The first-order chi connectivity index (χ1) is 28.0. The Morgan fingerprint density at radius 2 is 1.87 bits per heavy atom. The summed E-state index contributed by atoms with van der Waals surface area (Å²) in [5.74, 6) is 0.833. The smallest absolute Gasteiger partial charge is 0.445 e. The van der Waals surface area contributed by atoms with Crippen LogP contribution < -0.4 is 29.4 Å². The van der Waals surface area contributed by atoms with Crippen LogP contribution in [-0.2, 0) is 38.1 Å². The average molecular weight is 905 g/mol. The predicted octanol–water partition coefficient (Wildman–Crippen LogP) is 4.57. The Morgan fingerprint density at radius 1 is 1.18 bits per heavy atom. The maximum absolute atomic E-state index is 14.5. The SMILES string of the molecule is C#CCN1C(=O)COc2cc(F)c(/N=c3\snc4n3CC(C)(C)C4)cc21.CC(C)N(C(=O)COc1nnc(C(F)(F)F)s1)c1ccc(F)cc1.O=C(O)CNCP(=O)(O)O. The minimum absolute atomic E-state index is 0.0964. The van der Waals surface area contributed by atoms with Gasteiger partial charge in [0.1, 0.15) is 23.1 Å². The molecule has 0 radical (unpaired) electrons. The topological polar surface area (TPSA) is 222 Å². The van der Waals surface area contributed by atoms with Crippen LogP contribution in [-0.4, -0.2) is 90.4 Å². The van der Waals surface area contributed by atoms with Gasteiger partial charge in [-0.3, -0.25) is 29.2 Å². The van der Waals surface area contributed by atoms with Gasteiger partial charge in [0.2, 0.25) is 9.81 Å². The third-order valence-electron chi connectivity index (χ3n) is 7.89. The van der Waals surface area contributed by atoms with Gasteiger partial charge >= 0.3 is 19.7 Å². The van der Waals surface area contributed by atoms with Gasteiger partial charge in [0, 0.05) is 42.3 Å². The van der Waals surface area contributed by atoms with Crippen LogP contribution in [0.15, 0.2) is 41.4 Å². The average Bonchev–Trinajstić information content (AvgIpc) is 3.85. The zero-order chi connectivity index (χ0) is 44.6. The van der Waals surface area contributed by atoms with Crippen LogP contribution in [0.25, 0.3) is 0 Å². The highest BCUT2D eigenvalue weighted by Crippen LogP contribution is 2.38. The molecule has 2 aromatic carbocycles. The molecule has 2 aliphatic rings. The number of nitrogens with zero attached hydrogens (tertiary/aromatic N) is 7. The molecule has 0 atom stereocenters. The van der Waals surface area contributed by atoms with Crippen molar-refractivity contribution in [2.75, 3.05) is 42.4 Å². The zero-order valence-corrected chi connectivity index (χ0v) is 34.7. The highest BCUT2D eigenvalue weighted by molar-refractivity contribution is 7.51. The van der Waals surface area contributed by atoms with E-state index in [1.165, 1.54) is 57.7 Å². The Hall–Kier alpha value is -5.31. The normalized spacial score (nSPS) is 14.5. The molecule has 0 unspecified atom stereocenters. The van der Waals surface area contributed by atoms with Crippen molar-refractivity contribution in [1.29, 1.82) is 0 Å². The Labute approximate surface area is 346 Å². The summed E-state index contributed by atoms with van der Waals surface area (Å²) in [5.41, 5.74) is 1.13. The van der Waals surface area contributed by atoms with Crippen molar-refractivity contribution in [3.05, 3.63) is 63.7 Å². The van der Waals surface area contributed by atoms with E-state index in [1.807, 2.05) is 4.57 Å². The molecule has 4 heterocycles. The van der Waals surface area contributed by atoms with Gasteiger partial charge < -0.3 is 33.8 Å². The first-order valence-electron chi connectivity index (χ1n) is 17.4. The molecular weight excluding hydrogens is 867 g/mol. The number of amides is 2. The van der Waals surface area contributed by atoms with Crippen molar-refractivity contribution >= 4 is 65.3 Å². The Kier molecular flexibility index (Phi) is 15.7. The van der Waals surface area contributed by atoms with Crippen molar-refractivity contribution in [2.45, 2.75) is 52.9 Å². The van der Waals surface area contributed by atoms with Crippen molar-refractivity contribution < 1.29 is 65.3 Å². The molecular formula is C35H38F5N8O9PS2. The number of benzene rings is 2. The molecule has 0 saturated carbocycles. The Bertz CT molecular complexity index is 2340. The van der Waals surface area contributed by atoms with Crippen LogP contribution in [0.5, 0.6) is 10.9 Å². The monoisotopic (exact) mass is 904 g/mol. The van der Waals surface area contributed by atoms with Gasteiger partial charge in [-0.15, -0.1) is 11.5 Å². The molecule has 2 aliphatic heterocycles. The fourth-order valence-electron chi connectivity index (χ4n) is 5.46. The number of rotatable bonds is 11. The zero-order valence-electron chi connectivity index (χ0n) is 32.1. The second-order valence-corrected chi connectivity index (χ2v) is 17.1. The highest BCUT2D eigenvalue weighted by Gasteiger charge is 2.36. The number of alkyl halides is 3. The number of hydrogen-bond acceptors (Lipinski definition) is 13. The largest absolute Gasteiger partial charge is 0.481 e. The molecule has 0 bridgehead atoms. The summed E-state index contributed by atoms with van der Waals surface area (Å²) < 4.78 is 91.7. The minimum Gasteiger partial charge on any atom is -0.481 e. The number of carboxylic acids is 1. The van der Waals surface area contributed by atoms with Gasteiger partial charge in [0.15, 0.2) is 19.0 Å². The summed E-state index contributed by atoms with van der Waals surface area (Å²) in [6.07, 6.45) is 1.01. The molecule has 0 fully saturated rings. The summed E-state index contributed by atoms with van der Waals surface area (Å²) in [6, 6.07) is 7.77. The number of aromatic nitrogens is 4. The summed E-state index contributed by atoms with van der Waals surface area (Å²) in [7, 11) is -4.10. The van der Waals surface area contributed by atoms with E-state index in [2.05, 4.69) is 44.6 Å². The Morgan fingerprint density at radius 3 is 2.45 bits per heavy atom. The lowest BCUT2D eigenvalue weighted by Gasteiger charge is -2.28. The van der Waals surface area contributed by atoms with E-state index in [-0.39, 0.29) is 52.7 Å². The predicted molar refractivity (Wildman–Crippen MR) is 208 cm³/mol. The molecule has 25 heteroatoms. The number of halogens is 5. The maximum atomic E-state index is 14.5. The van der Waals surface area contributed by atoms with E-state index in [4.69, 9.17) is 30.8 Å². The second kappa shape index (κ2) is 19.8. The number of anilines is 2. The van der Waals surface area contributed by atoms with Crippen LogP contribution in [0.3, 0.4) is 0 Å². The van der Waals surface area contributed by atoms with Crippen molar-refractivity contribution in [3.8, 4) is 23.3 Å². The van der Waals surface area contributed by atoms with Crippen molar-refractivity contribution in [3.63, 3.8) is 0 Å². The van der Waals surface area contributed by atoms with E-state index in [0.717, 1.165) is 18.8 Å². The number of fused-ring (bicyclic) bond motifs is 2. The number of ether oxygens (including phenoxy) is 2. The summed E-state index contributed by atoms with van der Waals surface area (Å²) in [4.78, 5) is 58.3. The summed E-state index contributed by atoms with van der Waals surface area (Å²) in [6.45, 7) is 7.59. The number of carbonyl (C=O) groups excluding carboxylic acids is 2. The minimum atomic E-state index is -4.61. The van der Waals surface area contributed by atoms with Crippen molar-refractivity contribution in [2.24, 2.45) is 10.4 Å². The molecule has 0 spiro atoms. The van der Waals surface area contributed by atoms with Crippen LogP contribution >= 0.6 is 30.5 Å². The summed E-state index contributed by atoms with van der Waals surface area (Å²) >= 11 is 1.45. The van der Waals surface area contributed by atoms with E-state index in [1.54, 1.807) is 13.8 Å². The third-order valence-corrected chi connectivity index (χ3v) is 10.2. The van der Waals surface area contributed by atoms with Crippen molar-refractivity contribution in [1.82, 2.24) is 24.5 Å². The van der Waals surface area contributed by atoms with Gasteiger partial charge in [-0.2, -0.15) is 17.5 Å². The number of carbonyl (C=O) groups is 3. The van der Waals surface area contributed by atoms with Gasteiger partial charge in [0.05, 0.1) is 25.1 Å². The molecule has 2 amide bonds. The van der Waals surface area contributed by atoms with Crippen LogP contribution in [0.1, 0.15) is 38.5 Å². The summed E-state index contributed by atoms with van der Waals surface area (Å²) in [5, 5.41) is 14.8. The Balaban J connectivity index is 0.000000218. The van der Waals surface area contributed by atoms with Gasteiger partial charge in [-0.25, -0.2) is 13.8 Å². The molecule has 2 aromatic heterocycles. The molecule has 0 aliphatic carbocycles. The fraction of sp³-hybridized carbons (Fsp3) is 0.400. The van der Waals surface area contributed by atoms with E-state index in [0.29, 0.717) is 21.9 Å². The van der Waals surface area contributed by atoms with E-state index in [9.17, 15) is 40.9 Å². The molecule has 324 valence electrons. The van der Waals surface area contributed by atoms with Gasteiger partial charge in [-0.05, 0) is 49.6 Å². The van der Waals surface area contributed by atoms with Gasteiger partial charge in [-0.1, -0.05) is 36.2 Å². The van der Waals surface area contributed by atoms with E-state index < -0.39 is 61.7 Å². The first kappa shape index (κ1) is 47.4. The number of terminal acetylenes is 1. The molecule has 4 aromatic rings. The molecule has 17 nitrogen and oxygen atoms in total. The second-order valence-electron chi connectivity index (χ2n) is 13.8. The molecule has 4 N–H and O–H groups in total. The van der Waals surface area contributed by atoms with Gasteiger partial charge in [0.25, 0.3) is 17.0 Å². The van der Waals surface area contributed by atoms with Crippen LogP contribution in [0.4, 0.5) is 39.0 Å². The van der Waals surface area contributed by atoms with Crippen LogP contribution in [0, 0.1) is 29.4 Å². The van der Waals surface area contributed by atoms with E-state index >= 15 is 0 Å². The van der Waals surface area contributed by atoms with Crippen LogP contribution in [0.2, 0.25) is 0 Å². The lowest BCUT2D eigenvalue weighted by atomic mass is 9.92. The maximum Gasteiger partial charge on any atom is 0.445 e. The number of nitrogens with one attached hydrogen (secondary N) is 1. The molecule has 60 heavy (non-hydrogen) atoms. The quantitative estimate of drug-likeness (QED) is 0.0922. The standard InChI is InChI=1S/C18H17FN4O2S.C14H13F4N3O2S.C3H8NO5P/c1-4-5-22-13-7-12(11(19)6-14(13)25-9-16(22)24)20-17-23-10-18(2,3)8-15(23)21-26-17;1-8(2)21(10-5-3-9(15)4-6-10)11(22)7-23-13-20-19-12(24-13)14(16,17)18;5-3(6)1-4-2-10(7,8)9/h1,6-7H,5,8-10H2,2-3H3;3-6,8H,7H2,1-2H3;4H,1-2H2,(H,5,6)(H2,7,8,9)/b20-17-;;. The highest BCUT2D eigenvalue weighted by atomic mass is 32.1.